The van der Waals surface area contributed by atoms with E-state index in [1.54, 1.807) is 19.1 Å². The van der Waals surface area contributed by atoms with Crippen LogP contribution in [0.15, 0.2) is 24.3 Å². The van der Waals surface area contributed by atoms with Gasteiger partial charge in [-0.2, -0.15) is 31.7 Å². The topological polar surface area (TPSA) is 79.4 Å². The molecular formula is C20H26F3N5O2S. The molecule has 3 rings (SSSR count). The second-order valence-electron chi connectivity index (χ2n) is 7.52. The SMILES string of the molecule is Cc1nc(NCc2ccc(OCC(F)(F)F)cc2)nc2c1NC(=O)[C@H](C(C)C)N2C.S. The van der Waals surface area contributed by atoms with E-state index in [4.69, 9.17) is 4.74 Å². The van der Waals surface area contributed by atoms with E-state index in [-0.39, 0.29) is 37.1 Å². The van der Waals surface area contributed by atoms with E-state index < -0.39 is 12.8 Å². The minimum atomic E-state index is -4.37. The number of ether oxygens (including phenoxy) is 1. The second kappa shape index (κ2) is 9.63. The van der Waals surface area contributed by atoms with Gasteiger partial charge in [-0.1, -0.05) is 26.0 Å². The number of alkyl halides is 3. The number of nitrogens with zero attached hydrogens (tertiary/aromatic N) is 3. The average molecular weight is 458 g/mol. The van der Waals surface area contributed by atoms with Gasteiger partial charge in [0.05, 0.1) is 5.69 Å². The lowest BCUT2D eigenvalue weighted by molar-refractivity contribution is -0.153. The molecule has 2 heterocycles. The molecule has 1 aliphatic heterocycles. The van der Waals surface area contributed by atoms with Crippen molar-refractivity contribution in [2.75, 3.05) is 29.2 Å². The number of carbonyl (C=O) groups excluding carboxylic acids is 1. The van der Waals surface area contributed by atoms with E-state index in [0.717, 1.165) is 5.56 Å². The van der Waals surface area contributed by atoms with Crippen LogP contribution in [0.4, 0.5) is 30.6 Å². The molecule has 7 nitrogen and oxygen atoms in total. The normalized spacial score (nSPS) is 15.8. The number of aryl methyl sites for hydroxylation is 1. The fraction of sp³-hybridized carbons (Fsp3) is 0.450. The summed E-state index contributed by atoms with van der Waals surface area (Å²) in [7, 11) is 1.83. The van der Waals surface area contributed by atoms with E-state index in [2.05, 4.69) is 20.6 Å². The second-order valence-corrected chi connectivity index (χ2v) is 7.52. The molecule has 0 radical (unpaired) electrons. The van der Waals surface area contributed by atoms with Gasteiger partial charge in [0.25, 0.3) is 0 Å². The molecule has 1 aromatic heterocycles. The van der Waals surface area contributed by atoms with Crippen LogP contribution in [0.1, 0.15) is 25.1 Å². The predicted octanol–water partition coefficient (Wildman–Crippen LogP) is 3.86. The van der Waals surface area contributed by atoms with Gasteiger partial charge in [0.2, 0.25) is 11.9 Å². The van der Waals surface area contributed by atoms with E-state index in [1.807, 2.05) is 25.8 Å². The van der Waals surface area contributed by atoms with Crippen molar-refractivity contribution in [2.45, 2.75) is 39.5 Å². The van der Waals surface area contributed by atoms with Gasteiger partial charge in [-0.05, 0) is 30.5 Å². The number of rotatable bonds is 6. The summed E-state index contributed by atoms with van der Waals surface area (Å²) < 4.78 is 41.4. The van der Waals surface area contributed by atoms with Crippen LogP contribution in [-0.4, -0.2) is 41.7 Å². The Balaban J connectivity index is 0.00000341. The first-order chi connectivity index (χ1) is 14.0. The lowest BCUT2D eigenvalue weighted by atomic mass is 9.99. The average Bonchev–Trinajstić information content (AvgIpc) is 2.65. The van der Waals surface area contributed by atoms with Gasteiger partial charge in [0, 0.05) is 13.6 Å². The van der Waals surface area contributed by atoms with E-state index >= 15 is 0 Å². The summed E-state index contributed by atoms with van der Waals surface area (Å²) in [6.45, 7) is 4.79. The van der Waals surface area contributed by atoms with Crippen molar-refractivity contribution < 1.29 is 22.7 Å². The fourth-order valence-corrected chi connectivity index (χ4v) is 3.34. The number of carbonyl (C=O) groups is 1. The molecule has 0 saturated carbocycles. The molecule has 0 fully saturated rings. The summed E-state index contributed by atoms with van der Waals surface area (Å²) in [5.41, 5.74) is 2.06. The molecule has 1 amide bonds. The third kappa shape index (κ3) is 5.93. The number of likely N-dealkylation sites (N-methyl/N-ethyl adjacent to an activating group) is 1. The quantitative estimate of drug-likeness (QED) is 0.686. The lowest BCUT2D eigenvalue weighted by Crippen LogP contribution is -2.49. The molecule has 11 heteroatoms. The third-order valence-corrected chi connectivity index (χ3v) is 4.75. The van der Waals surface area contributed by atoms with Gasteiger partial charge in [-0.15, -0.1) is 0 Å². The molecule has 0 spiro atoms. The van der Waals surface area contributed by atoms with Crippen molar-refractivity contribution in [3.05, 3.63) is 35.5 Å². The maximum atomic E-state index is 12.4. The molecule has 2 aromatic rings. The first kappa shape index (κ1) is 24.6. The Morgan fingerprint density at radius 1 is 1.23 bits per heavy atom. The minimum absolute atomic E-state index is 0. The van der Waals surface area contributed by atoms with Crippen LogP contribution < -0.4 is 20.3 Å². The molecule has 31 heavy (non-hydrogen) atoms. The van der Waals surface area contributed by atoms with Gasteiger partial charge in [-0.3, -0.25) is 4.79 Å². The Hall–Kier alpha value is -2.69. The predicted molar refractivity (Wildman–Crippen MR) is 118 cm³/mol. The summed E-state index contributed by atoms with van der Waals surface area (Å²) in [6.07, 6.45) is -4.37. The number of hydrogen-bond donors (Lipinski definition) is 2. The number of amides is 1. The number of nitrogens with one attached hydrogen (secondary N) is 2. The molecular weight excluding hydrogens is 431 g/mol. The van der Waals surface area contributed by atoms with E-state index in [0.29, 0.717) is 29.7 Å². The minimum Gasteiger partial charge on any atom is -0.484 e. The Kier molecular flexibility index (Phi) is 7.63. The van der Waals surface area contributed by atoms with Crippen molar-refractivity contribution in [3.8, 4) is 5.75 Å². The maximum absolute atomic E-state index is 12.4. The summed E-state index contributed by atoms with van der Waals surface area (Å²) in [6, 6.07) is 5.98. The standard InChI is InChI=1S/C20H24F3N5O2.H2S/c1-11(2)16-18(29)26-15-12(3)25-19(27-17(15)28(16)4)24-9-13-5-7-14(8-6-13)30-10-20(21,22)23;/h5-8,11,16H,9-10H2,1-4H3,(H,26,29)(H,24,25,27);1H2/t16-;/m0./s1. The molecule has 0 bridgehead atoms. The van der Waals surface area contributed by atoms with Gasteiger partial charge < -0.3 is 20.3 Å². The van der Waals surface area contributed by atoms with Crippen molar-refractivity contribution >= 4 is 36.9 Å². The van der Waals surface area contributed by atoms with Gasteiger partial charge in [0.1, 0.15) is 17.5 Å². The lowest BCUT2D eigenvalue weighted by Gasteiger charge is -2.36. The highest BCUT2D eigenvalue weighted by Gasteiger charge is 2.35. The van der Waals surface area contributed by atoms with Crippen LogP contribution in [0.5, 0.6) is 5.75 Å². The zero-order valence-corrected chi connectivity index (χ0v) is 18.7. The zero-order chi connectivity index (χ0) is 22.1. The van der Waals surface area contributed by atoms with Crippen molar-refractivity contribution in [2.24, 2.45) is 5.92 Å². The Morgan fingerprint density at radius 2 is 1.87 bits per heavy atom. The number of hydrogen-bond acceptors (Lipinski definition) is 6. The van der Waals surface area contributed by atoms with Crippen LogP contribution in [0.25, 0.3) is 0 Å². The van der Waals surface area contributed by atoms with E-state index in [9.17, 15) is 18.0 Å². The molecule has 2 N–H and O–H groups in total. The first-order valence-corrected chi connectivity index (χ1v) is 9.50. The highest BCUT2D eigenvalue weighted by atomic mass is 32.1. The Labute approximate surface area is 185 Å². The smallest absolute Gasteiger partial charge is 0.422 e. The summed E-state index contributed by atoms with van der Waals surface area (Å²) in [4.78, 5) is 23.2. The van der Waals surface area contributed by atoms with Crippen LogP contribution in [-0.2, 0) is 11.3 Å². The number of anilines is 3. The number of benzene rings is 1. The molecule has 1 atom stereocenters. The van der Waals surface area contributed by atoms with Crippen LogP contribution in [0.3, 0.4) is 0 Å². The highest BCUT2D eigenvalue weighted by molar-refractivity contribution is 7.59. The summed E-state index contributed by atoms with van der Waals surface area (Å²) >= 11 is 0. The summed E-state index contributed by atoms with van der Waals surface area (Å²) in [5.74, 6) is 1.20. The number of aromatic nitrogens is 2. The Morgan fingerprint density at radius 3 is 2.45 bits per heavy atom. The fourth-order valence-electron chi connectivity index (χ4n) is 3.34. The summed E-state index contributed by atoms with van der Waals surface area (Å²) in [5, 5.41) is 6.01. The van der Waals surface area contributed by atoms with Gasteiger partial charge in [0.15, 0.2) is 12.4 Å². The number of fused-ring (bicyclic) bond motifs is 1. The monoisotopic (exact) mass is 457 g/mol. The molecule has 170 valence electrons. The van der Waals surface area contributed by atoms with Crippen LogP contribution in [0.2, 0.25) is 0 Å². The zero-order valence-electron chi connectivity index (χ0n) is 17.7. The Bertz CT molecular complexity index is 922. The van der Waals surface area contributed by atoms with Crippen LogP contribution >= 0.6 is 13.5 Å². The molecule has 0 unspecified atom stereocenters. The highest BCUT2D eigenvalue weighted by Crippen LogP contribution is 2.34. The number of halogens is 3. The molecule has 1 aliphatic rings. The van der Waals surface area contributed by atoms with Crippen molar-refractivity contribution in [1.82, 2.24) is 9.97 Å². The van der Waals surface area contributed by atoms with Crippen molar-refractivity contribution in [3.63, 3.8) is 0 Å². The molecule has 0 aliphatic carbocycles. The molecule has 0 saturated heterocycles. The molecule has 1 aromatic carbocycles. The third-order valence-electron chi connectivity index (χ3n) is 4.75. The first-order valence-electron chi connectivity index (χ1n) is 9.50. The van der Waals surface area contributed by atoms with Crippen LogP contribution in [0, 0.1) is 12.8 Å². The van der Waals surface area contributed by atoms with Gasteiger partial charge in [-0.25, -0.2) is 4.98 Å². The largest absolute Gasteiger partial charge is 0.484 e. The van der Waals surface area contributed by atoms with Gasteiger partial charge >= 0.3 is 6.18 Å². The van der Waals surface area contributed by atoms with Crippen molar-refractivity contribution in [1.29, 1.82) is 0 Å². The maximum Gasteiger partial charge on any atom is 0.422 e. The van der Waals surface area contributed by atoms with E-state index in [1.165, 1.54) is 12.1 Å².